The molecule has 0 atom stereocenters. The number of hydrogen-bond donors (Lipinski definition) is 1. The van der Waals surface area contributed by atoms with E-state index in [1.54, 1.807) is 12.7 Å². The highest BCUT2D eigenvalue weighted by Gasteiger charge is 2.09. The van der Waals surface area contributed by atoms with Gasteiger partial charge in [-0.25, -0.2) is 0 Å². The maximum Gasteiger partial charge on any atom is 0.119 e. The van der Waals surface area contributed by atoms with Gasteiger partial charge in [0.2, 0.25) is 0 Å². The highest BCUT2D eigenvalue weighted by molar-refractivity contribution is 4.72. The van der Waals surface area contributed by atoms with Crippen LogP contribution in [0.2, 0.25) is 0 Å². The predicted octanol–water partition coefficient (Wildman–Crippen LogP) is 0.405. The molecule has 0 radical (unpaired) electrons. The molecule has 0 saturated carbocycles. The van der Waals surface area contributed by atoms with E-state index >= 15 is 0 Å². The lowest BCUT2D eigenvalue weighted by Gasteiger charge is -2.17. The summed E-state index contributed by atoms with van der Waals surface area (Å²) in [6.45, 7) is 4.91. The summed E-state index contributed by atoms with van der Waals surface area (Å²) in [6, 6.07) is 0. The van der Waals surface area contributed by atoms with Gasteiger partial charge < -0.3 is 10.3 Å². The van der Waals surface area contributed by atoms with Gasteiger partial charge in [-0.1, -0.05) is 0 Å². The van der Waals surface area contributed by atoms with Crippen LogP contribution in [0.25, 0.3) is 0 Å². The summed E-state index contributed by atoms with van der Waals surface area (Å²) in [5.74, 6) is 0. The molecule has 1 heterocycles. The van der Waals surface area contributed by atoms with E-state index in [0.29, 0.717) is 0 Å². The molecule has 1 aromatic rings. The SMILES string of the molecule is CC(C)(N)CCn1cnnc1. The van der Waals surface area contributed by atoms with Gasteiger partial charge in [-0.2, -0.15) is 0 Å². The molecule has 4 nitrogen and oxygen atoms in total. The van der Waals surface area contributed by atoms with Crippen molar-refractivity contribution in [3.05, 3.63) is 12.7 Å². The largest absolute Gasteiger partial charge is 0.325 e. The van der Waals surface area contributed by atoms with Crippen molar-refractivity contribution in [1.82, 2.24) is 14.8 Å². The van der Waals surface area contributed by atoms with Gasteiger partial charge in [-0.15, -0.1) is 10.2 Å². The standard InChI is InChI=1S/C7H14N4/c1-7(2,8)3-4-11-5-9-10-6-11/h5-6H,3-4,8H2,1-2H3. The van der Waals surface area contributed by atoms with Crippen molar-refractivity contribution in [1.29, 1.82) is 0 Å². The molecule has 0 aliphatic heterocycles. The molecule has 4 heteroatoms. The van der Waals surface area contributed by atoms with Crippen LogP contribution < -0.4 is 5.73 Å². The first kappa shape index (κ1) is 8.20. The van der Waals surface area contributed by atoms with Crippen molar-refractivity contribution in [2.24, 2.45) is 5.73 Å². The second-order valence-electron chi connectivity index (χ2n) is 3.44. The molecule has 2 N–H and O–H groups in total. The molecule has 0 fully saturated rings. The molecule has 62 valence electrons. The molecule has 0 amide bonds. The molecule has 0 aromatic carbocycles. The molecule has 0 bridgehead atoms. The summed E-state index contributed by atoms with van der Waals surface area (Å²) in [4.78, 5) is 0. The Morgan fingerprint density at radius 3 is 2.36 bits per heavy atom. The smallest absolute Gasteiger partial charge is 0.119 e. The molecule has 0 unspecified atom stereocenters. The Morgan fingerprint density at radius 1 is 1.36 bits per heavy atom. The Kier molecular flexibility index (Phi) is 2.24. The number of rotatable bonds is 3. The predicted molar refractivity (Wildman–Crippen MR) is 42.9 cm³/mol. The van der Waals surface area contributed by atoms with Crippen LogP contribution in [0.3, 0.4) is 0 Å². The molecular weight excluding hydrogens is 140 g/mol. The topological polar surface area (TPSA) is 56.7 Å². The Bertz CT molecular complexity index is 197. The third-order valence-electron chi connectivity index (χ3n) is 1.48. The Labute approximate surface area is 66.4 Å². The van der Waals surface area contributed by atoms with Gasteiger partial charge in [0.25, 0.3) is 0 Å². The van der Waals surface area contributed by atoms with Crippen molar-refractivity contribution in [3.8, 4) is 0 Å². The van der Waals surface area contributed by atoms with Crippen LogP contribution in [0.15, 0.2) is 12.7 Å². The Hall–Kier alpha value is -0.900. The number of aromatic nitrogens is 3. The normalized spacial score (nSPS) is 11.9. The van der Waals surface area contributed by atoms with E-state index in [4.69, 9.17) is 5.73 Å². The average molecular weight is 154 g/mol. The maximum absolute atomic E-state index is 5.80. The van der Waals surface area contributed by atoms with Crippen molar-refractivity contribution in [3.63, 3.8) is 0 Å². The summed E-state index contributed by atoms with van der Waals surface area (Å²) in [5, 5.41) is 7.39. The van der Waals surface area contributed by atoms with Crippen LogP contribution in [0.5, 0.6) is 0 Å². The molecule has 0 aliphatic carbocycles. The van der Waals surface area contributed by atoms with E-state index in [0.717, 1.165) is 13.0 Å². The third kappa shape index (κ3) is 3.13. The molecule has 1 aromatic heterocycles. The van der Waals surface area contributed by atoms with Crippen molar-refractivity contribution in [2.75, 3.05) is 0 Å². The number of nitrogens with zero attached hydrogens (tertiary/aromatic N) is 3. The second kappa shape index (κ2) is 3.00. The average Bonchev–Trinajstić information content (AvgIpc) is 2.32. The van der Waals surface area contributed by atoms with E-state index < -0.39 is 0 Å². The first-order valence-electron chi connectivity index (χ1n) is 3.69. The lowest BCUT2D eigenvalue weighted by atomic mass is 10.0. The van der Waals surface area contributed by atoms with Crippen LogP contribution in [-0.4, -0.2) is 20.3 Å². The lowest BCUT2D eigenvalue weighted by molar-refractivity contribution is 0.436. The number of aryl methyl sites for hydroxylation is 1. The van der Waals surface area contributed by atoms with Crippen molar-refractivity contribution >= 4 is 0 Å². The number of nitrogens with two attached hydrogens (primary N) is 1. The summed E-state index contributed by atoms with van der Waals surface area (Å²) in [7, 11) is 0. The fraction of sp³-hybridized carbons (Fsp3) is 0.714. The molecule has 0 aliphatic rings. The van der Waals surface area contributed by atoms with Crippen LogP contribution in [0.4, 0.5) is 0 Å². The van der Waals surface area contributed by atoms with Gasteiger partial charge in [0, 0.05) is 12.1 Å². The van der Waals surface area contributed by atoms with Crippen LogP contribution >= 0.6 is 0 Å². The van der Waals surface area contributed by atoms with Crippen molar-refractivity contribution in [2.45, 2.75) is 32.4 Å². The monoisotopic (exact) mass is 154 g/mol. The minimum Gasteiger partial charge on any atom is -0.325 e. The summed E-state index contributed by atoms with van der Waals surface area (Å²) in [6.07, 6.45) is 4.34. The first-order chi connectivity index (χ1) is 5.08. The van der Waals surface area contributed by atoms with Crippen molar-refractivity contribution < 1.29 is 0 Å². The lowest BCUT2D eigenvalue weighted by Crippen LogP contribution is -2.32. The van der Waals surface area contributed by atoms with Gasteiger partial charge in [0.05, 0.1) is 0 Å². The molecular formula is C7H14N4. The first-order valence-corrected chi connectivity index (χ1v) is 3.69. The van der Waals surface area contributed by atoms with Crippen LogP contribution in [0.1, 0.15) is 20.3 Å². The summed E-state index contributed by atoms with van der Waals surface area (Å²) < 4.78 is 1.93. The van der Waals surface area contributed by atoms with Gasteiger partial charge in [0.15, 0.2) is 0 Å². The Morgan fingerprint density at radius 2 is 1.91 bits per heavy atom. The fourth-order valence-corrected chi connectivity index (χ4v) is 0.755. The van der Waals surface area contributed by atoms with Crippen LogP contribution in [-0.2, 0) is 6.54 Å². The van der Waals surface area contributed by atoms with E-state index in [1.807, 2.05) is 18.4 Å². The minimum absolute atomic E-state index is 0.107. The molecule has 0 saturated heterocycles. The van der Waals surface area contributed by atoms with E-state index in [2.05, 4.69) is 10.2 Å². The zero-order valence-electron chi connectivity index (χ0n) is 6.99. The molecule has 11 heavy (non-hydrogen) atoms. The van der Waals surface area contributed by atoms with Gasteiger partial charge in [0.1, 0.15) is 12.7 Å². The van der Waals surface area contributed by atoms with Gasteiger partial charge in [-0.05, 0) is 20.3 Å². The van der Waals surface area contributed by atoms with Gasteiger partial charge in [-0.3, -0.25) is 0 Å². The number of hydrogen-bond acceptors (Lipinski definition) is 3. The van der Waals surface area contributed by atoms with E-state index in [9.17, 15) is 0 Å². The van der Waals surface area contributed by atoms with E-state index in [-0.39, 0.29) is 5.54 Å². The summed E-state index contributed by atoms with van der Waals surface area (Å²) >= 11 is 0. The molecule has 1 rings (SSSR count). The minimum atomic E-state index is -0.107. The highest BCUT2D eigenvalue weighted by atomic mass is 15.2. The zero-order valence-corrected chi connectivity index (χ0v) is 6.99. The van der Waals surface area contributed by atoms with E-state index in [1.165, 1.54) is 0 Å². The summed E-state index contributed by atoms with van der Waals surface area (Å²) in [5.41, 5.74) is 5.69. The zero-order chi connectivity index (χ0) is 8.32. The fourth-order valence-electron chi connectivity index (χ4n) is 0.755. The third-order valence-corrected chi connectivity index (χ3v) is 1.48. The van der Waals surface area contributed by atoms with Crippen LogP contribution in [0, 0.1) is 0 Å². The molecule has 0 spiro atoms. The maximum atomic E-state index is 5.80. The second-order valence-corrected chi connectivity index (χ2v) is 3.44. The highest BCUT2D eigenvalue weighted by Crippen LogP contribution is 2.04. The Balaban J connectivity index is 2.35. The quantitative estimate of drug-likeness (QED) is 0.685. The van der Waals surface area contributed by atoms with Gasteiger partial charge >= 0.3 is 0 Å².